The Morgan fingerprint density at radius 1 is 1.42 bits per heavy atom. The van der Waals surface area contributed by atoms with Gasteiger partial charge in [0.05, 0.1) is 7.11 Å². The van der Waals surface area contributed by atoms with Crippen molar-refractivity contribution in [2.45, 2.75) is 0 Å². The molecule has 1 saturated heterocycles. The standard InChI is InChI=1S/C7H14N2O3/c1-12-9-4-2-8(3-5-9)7(11)6-10/h10H,2-6H2,1H3. The van der Waals surface area contributed by atoms with E-state index in [1.165, 1.54) is 0 Å². The third kappa shape index (κ3) is 2.17. The van der Waals surface area contributed by atoms with E-state index in [1.54, 1.807) is 17.1 Å². The highest BCUT2D eigenvalue weighted by atomic mass is 16.7. The first-order chi connectivity index (χ1) is 5.77. The minimum Gasteiger partial charge on any atom is -0.387 e. The van der Waals surface area contributed by atoms with Gasteiger partial charge in [0.2, 0.25) is 5.91 Å². The van der Waals surface area contributed by atoms with Gasteiger partial charge in [-0.05, 0) is 0 Å². The molecule has 0 bridgehead atoms. The monoisotopic (exact) mass is 174 g/mol. The molecule has 12 heavy (non-hydrogen) atoms. The van der Waals surface area contributed by atoms with Crippen molar-refractivity contribution >= 4 is 5.91 Å². The molecule has 70 valence electrons. The van der Waals surface area contributed by atoms with Crippen molar-refractivity contribution in [2.24, 2.45) is 0 Å². The van der Waals surface area contributed by atoms with Crippen LogP contribution >= 0.6 is 0 Å². The number of aliphatic hydroxyl groups excluding tert-OH is 1. The molecule has 0 radical (unpaired) electrons. The SMILES string of the molecule is CON1CCN(C(=O)CO)CC1. The second-order valence-corrected chi connectivity index (χ2v) is 2.65. The smallest absolute Gasteiger partial charge is 0.248 e. The van der Waals surface area contributed by atoms with Crippen LogP contribution in [0.3, 0.4) is 0 Å². The van der Waals surface area contributed by atoms with E-state index in [2.05, 4.69) is 0 Å². The Morgan fingerprint density at radius 2 is 2.00 bits per heavy atom. The van der Waals surface area contributed by atoms with Gasteiger partial charge in [0.15, 0.2) is 0 Å². The number of nitrogens with zero attached hydrogens (tertiary/aromatic N) is 2. The normalized spacial score (nSPS) is 19.7. The van der Waals surface area contributed by atoms with Gasteiger partial charge in [0.25, 0.3) is 0 Å². The number of amides is 1. The van der Waals surface area contributed by atoms with E-state index in [0.29, 0.717) is 26.2 Å². The Morgan fingerprint density at radius 3 is 2.42 bits per heavy atom. The highest BCUT2D eigenvalue weighted by Gasteiger charge is 2.19. The lowest BCUT2D eigenvalue weighted by molar-refractivity contribution is -0.162. The molecule has 5 nitrogen and oxygen atoms in total. The summed E-state index contributed by atoms with van der Waals surface area (Å²) < 4.78 is 0. The average molecular weight is 174 g/mol. The number of piperazine rings is 1. The zero-order valence-corrected chi connectivity index (χ0v) is 7.19. The van der Waals surface area contributed by atoms with Gasteiger partial charge < -0.3 is 14.8 Å². The Labute approximate surface area is 71.5 Å². The van der Waals surface area contributed by atoms with E-state index in [-0.39, 0.29) is 5.91 Å². The molecule has 1 aliphatic heterocycles. The molecule has 1 N–H and O–H groups in total. The maximum Gasteiger partial charge on any atom is 0.248 e. The first kappa shape index (κ1) is 9.44. The zero-order chi connectivity index (χ0) is 8.97. The van der Waals surface area contributed by atoms with Crippen molar-refractivity contribution in [3.05, 3.63) is 0 Å². The molecule has 1 fully saturated rings. The molecule has 0 spiro atoms. The summed E-state index contributed by atoms with van der Waals surface area (Å²) >= 11 is 0. The van der Waals surface area contributed by atoms with Crippen LogP contribution in [0.25, 0.3) is 0 Å². The van der Waals surface area contributed by atoms with Crippen LogP contribution in [0.1, 0.15) is 0 Å². The highest BCUT2D eigenvalue weighted by molar-refractivity contribution is 5.77. The third-order valence-electron chi connectivity index (χ3n) is 1.98. The summed E-state index contributed by atoms with van der Waals surface area (Å²) in [6.45, 7) is 2.29. The maximum atomic E-state index is 11.0. The van der Waals surface area contributed by atoms with Crippen molar-refractivity contribution < 1.29 is 14.7 Å². The topological polar surface area (TPSA) is 53.0 Å². The summed E-state index contributed by atoms with van der Waals surface area (Å²) in [6.07, 6.45) is 0. The summed E-state index contributed by atoms with van der Waals surface area (Å²) in [7, 11) is 1.61. The van der Waals surface area contributed by atoms with Crippen LogP contribution in [0.5, 0.6) is 0 Å². The largest absolute Gasteiger partial charge is 0.387 e. The van der Waals surface area contributed by atoms with Crippen molar-refractivity contribution in [2.75, 3.05) is 39.9 Å². The van der Waals surface area contributed by atoms with Crippen molar-refractivity contribution in [3.63, 3.8) is 0 Å². The number of hydroxylamine groups is 2. The highest BCUT2D eigenvalue weighted by Crippen LogP contribution is 2.00. The van der Waals surface area contributed by atoms with E-state index in [4.69, 9.17) is 9.94 Å². The fourth-order valence-corrected chi connectivity index (χ4v) is 1.22. The van der Waals surface area contributed by atoms with Crippen LogP contribution in [-0.4, -0.2) is 60.9 Å². The minimum atomic E-state index is -0.396. The van der Waals surface area contributed by atoms with Crippen molar-refractivity contribution in [3.8, 4) is 0 Å². The van der Waals surface area contributed by atoms with Crippen molar-refractivity contribution in [1.82, 2.24) is 9.96 Å². The van der Waals surface area contributed by atoms with Gasteiger partial charge in [-0.2, -0.15) is 5.06 Å². The predicted octanol–water partition coefficient (Wildman–Crippen LogP) is -1.32. The Bertz CT molecular complexity index is 155. The van der Waals surface area contributed by atoms with E-state index in [0.717, 1.165) is 0 Å². The minimum absolute atomic E-state index is 0.203. The summed E-state index contributed by atoms with van der Waals surface area (Å²) in [5.74, 6) is -0.203. The lowest BCUT2D eigenvalue weighted by Gasteiger charge is -2.32. The third-order valence-corrected chi connectivity index (χ3v) is 1.98. The molecule has 0 aromatic rings. The summed E-state index contributed by atoms with van der Waals surface area (Å²) in [4.78, 5) is 17.6. The Hall–Kier alpha value is -0.650. The Balaban J connectivity index is 2.30. The molecule has 1 amide bonds. The van der Waals surface area contributed by atoms with Crippen LogP contribution in [0.15, 0.2) is 0 Å². The quantitative estimate of drug-likeness (QED) is 0.564. The van der Waals surface area contributed by atoms with Gasteiger partial charge in [0.1, 0.15) is 6.61 Å². The van der Waals surface area contributed by atoms with Gasteiger partial charge in [-0.15, -0.1) is 0 Å². The number of hydrogen-bond donors (Lipinski definition) is 1. The first-order valence-corrected chi connectivity index (χ1v) is 3.95. The summed E-state index contributed by atoms with van der Waals surface area (Å²) in [5.41, 5.74) is 0. The van der Waals surface area contributed by atoms with Gasteiger partial charge in [-0.1, -0.05) is 0 Å². The number of rotatable bonds is 2. The molecule has 1 heterocycles. The second kappa shape index (κ2) is 4.39. The lowest BCUT2D eigenvalue weighted by Crippen LogP contribution is -2.48. The number of hydrogen-bond acceptors (Lipinski definition) is 4. The molecule has 0 atom stereocenters. The van der Waals surface area contributed by atoms with Gasteiger partial charge in [0, 0.05) is 26.2 Å². The molecule has 0 aromatic carbocycles. The van der Waals surface area contributed by atoms with Gasteiger partial charge in [-0.25, -0.2) is 0 Å². The first-order valence-electron chi connectivity index (χ1n) is 3.95. The number of carbonyl (C=O) groups is 1. The zero-order valence-electron chi connectivity index (χ0n) is 7.19. The summed E-state index contributed by atoms with van der Waals surface area (Å²) in [5, 5.41) is 10.4. The maximum absolute atomic E-state index is 11.0. The fraction of sp³-hybridized carbons (Fsp3) is 0.857. The molecule has 0 saturated carbocycles. The average Bonchev–Trinajstić information content (AvgIpc) is 2.17. The molecule has 1 aliphatic rings. The molecule has 0 aromatic heterocycles. The fourth-order valence-electron chi connectivity index (χ4n) is 1.22. The van der Waals surface area contributed by atoms with Gasteiger partial charge >= 0.3 is 0 Å². The summed E-state index contributed by atoms with van der Waals surface area (Å²) in [6, 6.07) is 0. The molecule has 5 heteroatoms. The van der Waals surface area contributed by atoms with Crippen molar-refractivity contribution in [1.29, 1.82) is 0 Å². The number of aliphatic hydroxyl groups is 1. The van der Waals surface area contributed by atoms with E-state index >= 15 is 0 Å². The second-order valence-electron chi connectivity index (χ2n) is 2.65. The van der Waals surface area contributed by atoms with E-state index in [1.807, 2.05) is 0 Å². The van der Waals surface area contributed by atoms with E-state index in [9.17, 15) is 4.79 Å². The Kier molecular flexibility index (Phi) is 3.46. The van der Waals surface area contributed by atoms with Crippen LogP contribution in [0, 0.1) is 0 Å². The van der Waals surface area contributed by atoms with Crippen LogP contribution < -0.4 is 0 Å². The molecular weight excluding hydrogens is 160 g/mol. The molecule has 0 aliphatic carbocycles. The van der Waals surface area contributed by atoms with Crippen LogP contribution in [0.4, 0.5) is 0 Å². The van der Waals surface area contributed by atoms with Crippen LogP contribution in [0.2, 0.25) is 0 Å². The molecule has 1 rings (SSSR count). The molecular formula is C7H14N2O3. The van der Waals surface area contributed by atoms with Gasteiger partial charge in [-0.3, -0.25) is 4.79 Å². The lowest BCUT2D eigenvalue weighted by atomic mass is 10.3. The van der Waals surface area contributed by atoms with E-state index < -0.39 is 6.61 Å². The molecule has 0 unspecified atom stereocenters. The number of carbonyl (C=O) groups excluding carboxylic acids is 1. The van der Waals surface area contributed by atoms with Crippen LogP contribution in [-0.2, 0) is 9.63 Å². The predicted molar refractivity (Wildman–Crippen MR) is 42.2 cm³/mol.